The molecule has 0 fully saturated rings. The summed E-state index contributed by atoms with van der Waals surface area (Å²) >= 11 is 0. The van der Waals surface area contributed by atoms with Gasteiger partial charge < -0.3 is 70.8 Å². The summed E-state index contributed by atoms with van der Waals surface area (Å²) in [5, 5.41) is 111. The van der Waals surface area contributed by atoms with Crippen molar-refractivity contribution in [2.75, 3.05) is 13.2 Å². The number of aliphatic hydroxyl groups is 12. The maximum absolute atomic E-state index is 11.5. The van der Waals surface area contributed by atoms with E-state index in [1.807, 2.05) is 0 Å². The molecule has 0 radical (unpaired) electrons. The minimum atomic E-state index is -2.67. The molecular weight excluding hydrogens is 424 g/mol. The van der Waals surface area contributed by atoms with E-state index in [1.54, 1.807) is 0 Å². The van der Waals surface area contributed by atoms with Crippen LogP contribution in [0.5, 0.6) is 0 Å². The van der Waals surface area contributed by atoms with Crippen molar-refractivity contribution < 1.29 is 80.3 Å². The van der Waals surface area contributed by atoms with E-state index in [9.17, 15) is 50.4 Å². The summed E-state index contributed by atoms with van der Waals surface area (Å²) in [5.74, 6) is -4.19. The van der Waals surface area contributed by atoms with Crippen LogP contribution in [0.25, 0.3) is 0 Å². The second-order valence-corrected chi connectivity index (χ2v) is 6.04. The Bertz CT molecular complexity index is 484. The second kappa shape index (κ2) is 13.0. The first-order valence-corrected chi connectivity index (χ1v) is 8.24. The van der Waals surface area contributed by atoms with Crippen LogP contribution in [0.4, 0.5) is 0 Å². The third kappa shape index (κ3) is 7.95. The Morgan fingerprint density at radius 1 is 0.500 bits per heavy atom. The van der Waals surface area contributed by atoms with Gasteiger partial charge in [-0.05, 0) is 0 Å². The third-order valence-corrected chi connectivity index (χ3v) is 3.77. The fraction of sp³-hybridized carbons (Fsp3) is 0.857. The standard InChI is InChI=1S/C14H26O16/c15-1-3(17)5(19)7(21)9(23)11(25)29-13(27)14(28)30-12(26)10(24)8(22)6(20)4(18)2-16/h3-12,15-26H,1-2H2/t3-,4-,5-,6-,7+,8+,9-,10-,11?,12?/m1/s1. The van der Waals surface area contributed by atoms with Gasteiger partial charge >= 0.3 is 11.9 Å². The van der Waals surface area contributed by atoms with Crippen molar-refractivity contribution in [2.24, 2.45) is 0 Å². The summed E-state index contributed by atoms with van der Waals surface area (Å²) in [4.78, 5) is 23.0. The molecule has 0 aromatic heterocycles. The smallest absolute Gasteiger partial charge is 0.419 e. The molecule has 30 heavy (non-hydrogen) atoms. The van der Waals surface area contributed by atoms with Crippen molar-refractivity contribution in [3.63, 3.8) is 0 Å². The zero-order chi connectivity index (χ0) is 23.8. The van der Waals surface area contributed by atoms with Crippen molar-refractivity contribution >= 4 is 11.9 Å². The van der Waals surface area contributed by atoms with Gasteiger partial charge in [-0.15, -0.1) is 0 Å². The Morgan fingerprint density at radius 3 is 1.00 bits per heavy atom. The quantitative estimate of drug-likeness (QED) is 0.0746. The zero-order valence-electron chi connectivity index (χ0n) is 15.2. The molecule has 0 saturated heterocycles. The van der Waals surface area contributed by atoms with Crippen LogP contribution >= 0.6 is 0 Å². The molecule has 178 valence electrons. The fourth-order valence-electron chi connectivity index (χ4n) is 1.87. The molecule has 10 atom stereocenters. The predicted molar refractivity (Wildman–Crippen MR) is 86.4 cm³/mol. The number of hydrogen-bond donors (Lipinski definition) is 12. The fourth-order valence-corrected chi connectivity index (χ4v) is 1.87. The molecule has 0 heterocycles. The summed E-state index contributed by atoms with van der Waals surface area (Å²) < 4.78 is 8.00. The van der Waals surface area contributed by atoms with Gasteiger partial charge in [-0.2, -0.15) is 0 Å². The van der Waals surface area contributed by atoms with Crippen molar-refractivity contribution in [1.82, 2.24) is 0 Å². The molecule has 0 amide bonds. The molecule has 0 aliphatic carbocycles. The van der Waals surface area contributed by atoms with E-state index in [-0.39, 0.29) is 0 Å². The third-order valence-electron chi connectivity index (χ3n) is 3.77. The Morgan fingerprint density at radius 2 is 0.767 bits per heavy atom. The van der Waals surface area contributed by atoms with E-state index < -0.39 is 86.6 Å². The SMILES string of the molecule is O=C(OC(O)[C@H](O)[C@@H](O)[C@H](O)[C@H](O)CO)C(=O)OC(O)[C@H](O)[C@@H](O)[C@H](O)[C@H](O)CO. The highest BCUT2D eigenvalue weighted by atomic mass is 16.7. The van der Waals surface area contributed by atoms with Gasteiger partial charge in [0.05, 0.1) is 13.2 Å². The number of ether oxygens (including phenoxy) is 2. The van der Waals surface area contributed by atoms with Crippen molar-refractivity contribution in [2.45, 2.75) is 61.4 Å². The van der Waals surface area contributed by atoms with Gasteiger partial charge in [0.25, 0.3) is 0 Å². The van der Waals surface area contributed by atoms with E-state index in [4.69, 9.17) is 20.4 Å². The number of carbonyl (C=O) groups excluding carboxylic acids is 2. The normalized spacial score (nSPS) is 21.9. The van der Waals surface area contributed by atoms with E-state index in [2.05, 4.69) is 9.47 Å². The lowest BCUT2D eigenvalue weighted by atomic mass is 10.0. The number of esters is 2. The average Bonchev–Trinajstić information content (AvgIpc) is 2.73. The van der Waals surface area contributed by atoms with Gasteiger partial charge in [-0.25, -0.2) is 9.59 Å². The van der Waals surface area contributed by atoms with Gasteiger partial charge in [0, 0.05) is 0 Å². The van der Waals surface area contributed by atoms with Crippen LogP contribution in [-0.2, 0) is 19.1 Å². The molecule has 16 nitrogen and oxygen atoms in total. The molecular formula is C14H26O16. The van der Waals surface area contributed by atoms with Crippen LogP contribution in [0, 0.1) is 0 Å². The number of carbonyl (C=O) groups is 2. The van der Waals surface area contributed by atoms with E-state index in [1.165, 1.54) is 0 Å². The van der Waals surface area contributed by atoms with Gasteiger partial charge in [0.15, 0.2) is 0 Å². The molecule has 0 bridgehead atoms. The second-order valence-electron chi connectivity index (χ2n) is 6.04. The first-order chi connectivity index (χ1) is 13.8. The maximum atomic E-state index is 11.5. The molecule has 0 rings (SSSR count). The first-order valence-electron chi connectivity index (χ1n) is 8.24. The minimum absolute atomic E-state index is 1.04. The Hall–Kier alpha value is -1.54. The van der Waals surface area contributed by atoms with E-state index in [0.29, 0.717) is 0 Å². The molecule has 0 aliphatic heterocycles. The largest absolute Gasteiger partial charge is 0.425 e. The van der Waals surface area contributed by atoms with Gasteiger partial charge in [0.1, 0.15) is 48.8 Å². The van der Waals surface area contributed by atoms with E-state index >= 15 is 0 Å². The molecule has 0 aliphatic rings. The first kappa shape index (κ1) is 28.5. The molecule has 0 spiro atoms. The predicted octanol–water partition coefficient (Wildman–Crippen LogP) is -8.42. The van der Waals surface area contributed by atoms with Gasteiger partial charge in [0.2, 0.25) is 12.6 Å². The number of hydrogen-bond acceptors (Lipinski definition) is 16. The van der Waals surface area contributed by atoms with Crippen molar-refractivity contribution in [1.29, 1.82) is 0 Å². The highest BCUT2D eigenvalue weighted by Crippen LogP contribution is 2.12. The van der Waals surface area contributed by atoms with Crippen molar-refractivity contribution in [3.05, 3.63) is 0 Å². The molecule has 0 saturated carbocycles. The lowest BCUT2D eigenvalue weighted by Gasteiger charge is -2.28. The Kier molecular flexibility index (Phi) is 12.3. The molecule has 2 unspecified atom stereocenters. The molecule has 0 aromatic rings. The summed E-state index contributed by atoms with van der Waals surface area (Å²) in [7, 11) is 0. The van der Waals surface area contributed by atoms with Gasteiger partial charge in [-0.1, -0.05) is 0 Å². The van der Waals surface area contributed by atoms with Crippen molar-refractivity contribution in [3.8, 4) is 0 Å². The molecule has 0 aromatic carbocycles. The number of aliphatic hydroxyl groups excluding tert-OH is 12. The summed E-state index contributed by atoms with van der Waals surface area (Å²) in [6.45, 7) is -2.08. The zero-order valence-corrected chi connectivity index (χ0v) is 15.2. The monoisotopic (exact) mass is 450 g/mol. The molecule has 16 heteroatoms. The summed E-state index contributed by atoms with van der Waals surface area (Å²) in [5.41, 5.74) is 0. The van der Waals surface area contributed by atoms with Crippen LogP contribution in [-0.4, -0.2) is 148 Å². The minimum Gasteiger partial charge on any atom is -0.425 e. The summed E-state index contributed by atoms with van der Waals surface area (Å²) in [6, 6.07) is 0. The van der Waals surface area contributed by atoms with Gasteiger partial charge in [-0.3, -0.25) is 0 Å². The van der Waals surface area contributed by atoms with Crippen LogP contribution < -0.4 is 0 Å². The van der Waals surface area contributed by atoms with Crippen LogP contribution in [0.3, 0.4) is 0 Å². The highest BCUT2D eigenvalue weighted by molar-refractivity contribution is 6.29. The van der Waals surface area contributed by atoms with Crippen LogP contribution in [0.15, 0.2) is 0 Å². The lowest BCUT2D eigenvalue weighted by molar-refractivity contribution is -0.230. The Labute approximate surface area is 168 Å². The summed E-state index contributed by atoms with van der Waals surface area (Å²) in [6.07, 6.45) is -23.3. The maximum Gasteiger partial charge on any atom is 0.419 e. The van der Waals surface area contributed by atoms with E-state index in [0.717, 1.165) is 0 Å². The highest BCUT2D eigenvalue weighted by Gasteiger charge is 2.39. The molecule has 12 N–H and O–H groups in total. The topological polar surface area (TPSA) is 295 Å². The average molecular weight is 450 g/mol. The van der Waals surface area contributed by atoms with Crippen LogP contribution in [0.1, 0.15) is 0 Å². The number of rotatable bonds is 12. The Balaban J connectivity index is 4.81. The lowest BCUT2D eigenvalue weighted by Crippen LogP contribution is -2.52. The van der Waals surface area contributed by atoms with Crippen LogP contribution in [0.2, 0.25) is 0 Å².